The molecule has 1 aliphatic heterocycles. The highest BCUT2D eigenvalue weighted by atomic mass is 16.2. The summed E-state index contributed by atoms with van der Waals surface area (Å²) in [6.45, 7) is 4.14. The predicted molar refractivity (Wildman–Crippen MR) is 71.7 cm³/mol. The number of ketones is 1. The minimum absolute atomic E-state index is 0.108. The lowest BCUT2D eigenvalue weighted by atomic mass is 9.96. The van der Waals surface area contributed by atoms with Gasteiger partial charge in [-0.15, -0.1) is 0 Å². The third-order valence-corrected chi connectivity index (χ3v) is 3.54. The number of nitrogens with one attached hydrogen (secondary N) is 2. The van der Waals surface area contributed by atoms with Crippen molar-refractivity contribution in [2.45, 2.75) is 51.6 Å². The SMILES string of the molecule is CNC(=O)NC(=O)C(C)N1CCCCC1CC(C)=O. The van der Waals surface area contributed by atoms with Gasteiger partial charge in [0.05, 0.1) is 6.04 Å². The van der Waals surface area contributed by atoms with E-state index in [1.165, 1.54) is 7.05 Å². The van der Waals surface area contributed by atoms with Crippen molar-refractivity contribution in [2.75, 3.05) is 13.6 Å². The Bertz CT molecular complexity index is 357. The largest absolute Gasteiger partial charge is 0.341 e. The maximum absolute atomic E-state index is 11.9. The first kappa shape index (κ1) is 15.6. The van der Waals surface area contributed by atoms with Crippen LogP contribution < -0.4 is 10.6 Å². The number of amides is 3. The summed E-state index contributed by atoms with van der Waals surface area (Å²) in [4.78, 5) is 36.4. The summed E-state index contributed by atoms with van der Waals surface area (Å²) in [5, 5.41) is 4.64. The lowest BCUT2D eigenvalue weighted by Gasteiger charge is -2.38. The number of hydrogen-bond donors (Lipinski definition) is 2. The minimum atomic E-state index is -0.503. The first-order valence-electron chi connectivity index (χ1n) is 6.73. The second kappa shape index (κ2) is 7.23. The zero-order valence-corrected chi connectivity index (χ0v) is 11.9. The number of hydrogen-bond acceptors (Lipinski definition) is 4. The van der Waals surface area contributed by atoms with Crippen molar-refractivity contribution in [3.8, 4) is 0 Å². The molecule has 2 unspecified atom stereocenters. The van der Waals surface area contributed by atoms with Gasteiger partial charge >= 0.3 is 6.03 Å². The number of urea groups is 1. The molecule has 6 nitrogen and oxygen atoms in total. The summed E-state index contributed by atoms with van der Waals surface area (Å²) in [5.74, 6) is -0.189. The number of imide groups is 1. The van der Waals surface area contributed by atoms with Crippen LogP contribution >= 0.6 is 0 Å². The first-order valence-corrected chi connectivity index (χ1v) is 6.73. The summed E-state index contributed by atoms with van der Waals surface area (Å²) in [6.07, 6.45) is 3.50. The molecule has 1 rings (SSSR count). The molecule has 0 aromatic carbocycles. The van der Waals surface area contributed by atoms with Gasteiger partial charge in [-0.2, -0.15) is 0 Å². The summed E-state index contributed by atoms with van der Waals surface area (Å²) in [6, 6.07) is -0.796. The molecule has 0 radical (unpaired) electrons. The third-order valence-electron chi connectivity index (χ3n) is 3.54. The molecule has 1 saturated heterocycles. The van der Waals surface area contributed by atoms with Crippen LogP contribution in [0.5, 0.6) is 0 Å². The topological polar surface area (TPSA) is 78.5 Å². The molecule has 0 aromatic heterocycles. The van der Waals surface area contributed by atoms with E-state index in [0.29, 0.717) is 6.42 Å². The van der Waals surface area contributed by atoms with Crippen LogP contribution in [-0.2, 0) is 9.59 Å². The highest BCUT2D eigenvalue weighted by molar-refractivity contribution is 5.96. The Kier molecular flexibility index (Phi) is 5.95. The van der Waals surface area contributed by atoms with Gasteiger partial charge in [0, 0.05) is 19.5 Å². The van der Waals surface area contributed by atoms with Crippen LogP contribution in [0.15, 0.2) is 0 Å². The molecule has 1 aliphatic rings. The maximum Gasteiger partial charge on any atom is 0.321 e. The fourth-order valence-corrected chi connectivity index (χ4v) is 2.51. The lowest BCUT2D eigenvalue weighted by Crippen LogP contribution is -2.54. The number of carbonyl (C=O) groups is 3. The van der Waals surface area contributed by atoms with Crippen LogP contribution in [-0.4, -0.2) is 48.3 Å². The van der Waals surface area contributed by atoms with Crippen LogP contribution in [0.1, 0.15) is 39.5 Å². The number of rotatable bonds is 4. The van der Waals surface area contributed by atoms with Gasteiger partial charge in [-0.25, -0.2) is 4.79 Å². The molecule has 2 atom stereocenters. The molecule has 1 fully saturated rings. The van der Waals surface area contributed by atoms with Crippen molar-refractivity contribution < 1.29 is 14.4 Å². The van der Waals surface area contributed by atoms with Gasteiger partial charge in [0.1, 0.15) is 5.78 Å². The normalized spacial score (nSPS) is 21.5. The zero-order chi connectivity index (χ0) is 14.4. The average Bonchev–Trinajstić information content (AvgIpc) is 2.37. The molecular formula is C13H23N3O3. The molecule has 0 saturated carbocycles. The van der Waals surface area contributed by atoms with E-state index in [-0.39, 0.29) is 17.7 Å². The average molecular weight is 269 g/mol. The zero-order valence-electron chi connectivity index (χ0n) is 11.9. The number of carbonyl (C=O) groups excluding carboxylic acids is 3. The van der Waals surface area contributed by atoms with Gasteiger partial charge in [-0.1, -0.05) is 6.42 Å². The van der Waals surface area contributed by atoms with Crippen molar-refractivity contribution in [1.29, 1.82) is 0 Å². The maximum atomic E-state index is 11.9. The van der Waals surface area contributed by atoms with Gasteiger partial charge in [-0.3, -0.25) is 19.8 Å². The van der Waals surface area contributed by atoms with E-state index in [2.05, 4.69) is 10.6 Å². The van der Waals surface area contributed by atoms with E-state index >= 15 is 0 Å². The van der Waals surface area contributed by atoms with Gasteiger partial charge in [0.2, 0.25) is 5.91 Å². The fraction of sp³-hybridized carbons (Fsp3) is 0.769. The number of likely N-dealkylation sites (tertiary alicyclic amines) is 1. The first-order chi connectivity index (χ1) is 8.95. The van der Waals surface area contributed by atoms with Crippen molar-refractivity contribution >= 4 is 17.7 Å². The molecule has 0 aliphatic carbocycles. The van der Waals surface area contributed by atoms with Crippen LogP contribution in [0.2, 0.25) is 0 Å². The van der Waals surface area contributed by atoms with Crippen LogP contribution in [0.4, 0.5) is 4.79 Å². The van der Waals surface area contributed by atoms with Crippen molar-refractivity contribution in [1.82, 2.24) is 15.5 Å². The standard InChI is InChI=1S/C13H23N3O3/c1-9(17)8-11-6-4-5-7-16(11)10(2)12(18)15-13(19)14-3/h10-11H,4-8H2,1-3H3,(H2,14,15,18,19). The van der Waals surface area contributed by atoms with Crippen LogP contribution in [0, 0.1) is 0 Å². The van der Waals surface area contributed by atoms with Gasteiger partial charge in [-0.05, 0) is 33.2 Å². The van der Waals surface area contributed by atoms with Crippen molar-refractivity contribution in [3.63, 3.8) is 0 Å². The third kappa shape index (κ3) is 4.63. The molecule has 1 heterocycles. The van der Waals surface area contributed by atoms with E-state index in [1.54, 1.807) is 13.8 Å². The predicted octanol–water partition coefficient (Wildman–Crippen LogP) is 0.664. The van der Waals surface area contributed by atoms with E-state index in [1.807, 2.05) is 4.90 Å². The van der Waals surface area contributed by atoms with Crippen molar-refractivity contribution in [3.05, 3.63) is 0 Å². The molecule has 0 bridgehead atoms. The van der Waals surface area contributed by atoms with E-state index < -0.39 is 12.1 Å². The Hall–Kier alpha value is -1.43. The molecular weight excluding hydrogens is 246 g/mol. The highest BCUT2D eigenvalue weighted by Gasteiger charge is 2.31. The minimum Gasteiger partial charge on any atom is -0.341 e. The Morgan fingerprint density at radius 1 is 1.32 bits per heavy atom. The Labute approximate surface area is 113 Å². The summed E-state index contributed by atoms with van der Waals surface area (Å²) in [5.41, 5.74) is 0. The molecule has 6 heteroatoms. The summed E-state index contributed by atoms with van der Waals surface area (Å²) < 4.78 is 0. The molecule has 2 N–H and O–H groups in total. The Balaban J connectivity index is 2.65. The second-order valence-corrected chi connectivity index (χ2v) is 5.04. The molecule has 19 heavy (non-hydrogen) atoms. The summed E-state index contributed by atoms with van der Waals surface area (Å²) in [7, 11) is 1.47. The van der Waals surface area contributed by atoms with E-state index in [4.69, 9.17) is 0 Å². The summed E-state index contributed by atoms with van der Waals surface area (Å²) >= 11 is 0. The molecule has 108 valence electrons. The second-order valence-electron chi connectivity index (χ2n) is 5.04. The van der Waals surface area contributed by atoms with Gasteiger partial charge < -0.3 is 5.32 Å². The van der Waals surface area contributed by atoms with Gasteiger partial charge in [0.15, 0.2) is 0 Å². The molecule has 3 amide bonds. The van der Waals surface area contributed by atoms with Gasteiger partial charge in [0.25, 0.3) is 0 Å². The monoisotopic (exact) mass is 269 g/mol. The van der Waals surface area contributed by atoms with E-state index in [9.17, 15) is 14.4 Å². The van der Waals surface area contributed by atoms with Crippen LogP contribution in [0.25, 0.3) is 0 Å². The fourth-order valence-electron chi connectivity index (χ4n) is 2.51. The quantitative estimate of drug-likeness (QED) is 0.786. The lowest BCUT2D eigenvalue weighted by molar-refractivity contribution is -0.128. The molecule has 0 spiro atoms. The van der Waals surface area contributed by atoms with Crippen molar-refractivity contribution in [2.24, 2.45) is 0 Å². The highest BCUT2D eigenvalue weighted by Crippen LogP contribution is 2.22. The Morgan fingerprint density at radius 2 is 2.00 bits per heavy atom. The number of nitrogens with zero attached hydrogens (tertiary/aromatic N) is 1. The smallest absolute Gasteiger partial charge is 0.321 e. The van der Waals surface area contributed by atoms with Crippen LogP contribution in [0.3, 0.4) is 0 Å². The van der Waals surface area contributed by atoms with E-state index in [0.717, 1.165) is 25.8 Å². The molecule has 0 aromatic rings. The Morgan fingerprint density at radius 3 is 2.58 bits per heavy atom. The number of Topliss-reactive ketones (excluding diaryl/α,β-unsaturated/α-hetero) is 1. The number of piperidine rings is 1.